The van der Waals surface area contributed by atoms with Crippen molar-refractivity contribution >= 4 is 56.2 Å². The predicted octanol–water partition coefficient (Wildman–Crippen LogP) is 17.9. The van der Waals surface area contributed by atoms with Gasteiger partial charge >= 0.3 is 0 Å². The fraction of sp³-hybridized carbons (Fsp3) is 0.0909. The topological polar surface area (TPSA) is 8.17 Å². The molecule has 0 saturated carbocycles. The molecule has 0 bridgehead atoms. The molecule has 3 aliphatic rings. The van der Waals surface area contributed by atoms with Gasteiger partial charge in [0.25, 0.3) is 0 Å². The zero-order chi connectivity index (χ0) is 45.2. The van der Waals surface area contributed by atoms with Gasteiger partial charge in [0.2, 0.25) is 0 Å². The third-order valence-corrected chi connectivity index (χ3v) is 13.9. The second kappa shape index (κ2) is 18.2. The molecule has 0 spiro atoms. The van der Waals surface area contributed by atoms with Crippen molar-refractivity contribution in [3.05, 3.63) is 264 Å². The summed E-state index contributed by atoms with van der Waals surface area (Å²) in [5.41, 5.74) is 22.5. The molecule has 0 radical (unpaired) electrons. The van der Waals surface area contributed by atoms with Gasteiger partial charge in [0.1, 0.15) is 0 Å². The molecule has 0 fully saturated rings. The van der Waals surface area contributed by atoms with Crippen LogP contribution >= 0.6 is 0 Å². The largest absolute Gasteiger partial charge is 0.310 e. The van der Waals surface area contributed by atoms with E-state index in [0.717, 1.165) is 55.6 Å². The Kier molecular flexibility index (Phi) is 11.1. The molecule has 9 aromatic rings. The van der Waals surface area contributed by atoms with Crippen LogP contribution in [0.1, 0.15) is 47.9 Å². The van der Waals surface area contributed by atoms with Crippen LogP contribution in [0.3, 0.4) is 0 Å². The van der Waals surface area contributed by atoms with E-state index in [9.17, 15) is 0 Å². The molecule has 12 rings (SSSR count). The Balaban J connectivity index is 0.943. The smallest absolute Gasteiger partial charge is 0.0547 e. The van der Waals surface area contributed by atoms with Crippen LogP contribution in [0.2, 0.25) is 0 Å². The minimum absolute atomic E-state index is 0.894. The first-order valence-corrected chi connectivity index (χ1v) is 24.2. The average Bonchev–Trinajstić information content (AvgIpc) is 3.54. The summed E-state index contributed by atoms with van der Waals surface area (Å²) in [6.07, 6.45) is 26.7. The minimum atomic E-state index is 0.894. The molecule has 2 nitrogen and oxygen atoms in total. The van der Waals surface area contributed by atoms with Crippen molar-refractivity contribution < 1.29 is 0 Å². The molecule has 0 N–H and O–H groups in total. The molecule has 2 heteroatoms. The van der Waals surface area contributed by atoms with E-state index in [1.165, 1.54) is 94.3 Å². The van der Waals surface area contributed by atoms with Crippen LogP contribution in [0.4, 0.5) is 17.1 Å². The van der Waals surface area contributed by atoms with Crippen LogP contribution in [0.15, 0.2) is 242 Å². The molecule has 0 unspecified atom stereocenters. The SMILES string of the molecule is C1=CC=C(c2ccccc2)CC(Cc2ccc(N(c3ccc(-c4cccc(-c5ccccc5)c4)cc3)c3cccc(-c4cccc5c4c4cc6c(cc4n5C4=CCCC=C4)C=CCC6)c3)cc2)=C1. The first-order valence-electron chi connectivity index (χ1n) is 24.2. The summed E-state index contributed by atoms with van der Waals surface area (Å²) in [6, 6.07) is 69.6. The second-order valence-corrected chi connectivity index (χ2v) is 18.3. The van der Waals surface area contributed by atoms with Gasteiger partial charge in [0.15, 0.2) is 0 Å². The molecule has 0 saturated heterocycles. The van der Waals surface area contributed by atoms with Crippen molar-refractivity contribution in [3.8, 4) is 33.4 Å². The van der Waals surface area contributed by atoms with E-state index in [0.29, 0.717) is 0 Å². The Morgan fingerprint density at radius 3 is 1.93 bits per heavy atom. The van der Waals surface area contributed by atoms with E-state index in [-0.39, 0.29) is 0 Å². The van der Waals surface area contributed by atoms with E-state index in [2.05, 4.69) is 252 Å². The van der Waals surface area contributed by atoms with Crippen LogP contribution in [0, 0.1) is 0 Å². The maximum atomic E-state index is 2.50. The predicted molar refractivity (Wildman–Crippen MR) is 290 cm³/mol. The standard InChI is InChI=1S/C66H52N2/c1-4-18-49(19-5-1)52-22-11-10-17-48(42-52)41-47-33-37-59(38-34-47)67(60-39-35-51(36-40-60)54-26-14-25-53(43-54)50-20-6-2-7-21-50)61-30-15-27-57(44-61)62-31-16-32-64-66(62)63-45-55-23-12-13-24-56(55)46-65(63)68(64)58-28-8-3-9-29-58/h1-2,4-8,10-11,13-22,24-40,43-46H,3,9,12,23,41-42H2. The third-order valence-electron chi connectivity index (χ3n) is 13.9. The zero-order valence-electron chi connectivity index (χ0n) is 38.2. The molecular formula is C66H52N2. The van der Waals surface area contributed by atoms with Crippen molar-refractivity contribution in [1.82, 2.24) is 4.57 Å². The summed E-state index contributed by atoms with van der Waals surface area (Å²) in [5, 5.41) is 2.63. The molecule has 8 aromatic carbocycles. The van der Waals surface area contributed by atoms with Gasteiger partial charge in [-0.05, 0) is 166 Å². The summed E-state index contributed by atoms with van der Waals surface area (Å²) in [4.78, 5) is 2.42. The highest BCUT2D eigenvalue weighted by atomic mass is 15.1. The van der Waals surface area contributed by atoms with E-state index in [4.69, 9.17) is 0 Å². The average molecular weight is 873 g/mol. The fourth-order valence-electron chi connectivity index (χ4n) is 10.6. The van der Waals surface area contributed by atoms with Crippen molar-refractivity contribution in [2.24, 2.45) is 0 Å². The monoisotopic (exact) mass is 872 g/mol. The number of fused-ring (bicyclic) bond motifs is 4. The van der Waals surface area contributed by atoms with Gasteiger partial charge in [0.05, 0.1) is 11.0 Å². The lowest BCUT2D eigenvalue weighted by atomic mass is 9.93. The lowest BCUT2D eigenvalue weighted by Crippen LogP contribution is -2.10. The van der Waals surface area contributed by atoms with Gasteiger partial charge in [-0.25, -0.2) is 0 Å². The highest BCUT2D eigenvalue weighted by Crippen LogP contribution is 2.44. The maximum absolute atomic E-state index is 2.50. The quantitative estimate of drug-likeness (QED) is 0.133. The van der Waals surface area contributed by atoms with Crippen LogP contribution in [0.5, 0.6) is 0 Å². The van der Waals surface area contributed by atoms with E-state index < -0.39 is 0 Å². The highest BCUT2D eigenvalue weighted by molar-refractivity contribution is 6.17. The molecule has 68 heavy (non-hydrogen) atoms. The van der Waals surface area contributed by atoms with Crippen LogP contribution in [0.25, 0.3) is 72.5 Å². The van der Waals surface area contributed by atoms with E-state index in [1.807, 2.05) is 0 Å². The Morgan fingerprint density at radius 2 is 1.15 bits per heavy atom. The summed E-state index contributed by atoms with van der Waals surface area (Å²) in [5.74, 6) is 0. The zero-order valence-corrected chi connectivity index (χ0v) is 38.2. The summed E-state index contributed by atoms with van der Waals surface area (Å²) < 4.78 is 2.50. The Labute approximate surface area is 400 Å². The van der Waals surface area contributed by atoms with E-state index in [1.54, 1.807) is 0 Å². The lowest BCUT2D eigenvalue weighted by Gasteiger charge is -2.26. The second-order valence-electron chi connectivity index (χ2n) is 18.3. The van der Waals surface area contributed by atoms with Gasteiger partial charge in [-0.1, -0.05) is 182 Å². The summed E-state index contributed by atoms with van der Waals surface area (Å²) in [6.45, 7) is 0. The number of hydrogen-bond donors (Lipinski definition) is 0. The molecule has 3 aliphatic carbocycles. The van der Waals surface area contributed by atoms with Crippen LogP contribution < -0.4 is 4.90 Å². The maximum Gasteiger partial charge on any atom is 0.0547 e. The summed E-state index contributed by atoms with van der Waals surface area (Å²) in [7, 11) is 0. The van der Waals surface area contributed by atoms with Gasteiger partial charge in [-0.2, -0.15) is 0 Å². The third kappa shape index (κ3) is 8.09. The lowest BCUT2D eigenvalue weighted by molar-refractivity contribution is 0.988. The van der Waals surface area contributed by atoms with Crippen molar-refractivity contribution in [3.63, 3.8) is 0 Å². The Bertz CT molecular complexity index is 3520. The molecule has 1 aromatic heterocycles. The number of aryl methyl sites for hydroxylation is 1. The number of anilines is 3. The van der Waals surface area contributed by atoms with Crippen molar-refractivity contribution in [1.29, 1.82) is 0 Å². The Hall–Kier alpha value is -8.20. The number of rotatable bonds is 10. The normalized spacial score (nSPS) is 14.3. The molecule has 0 aliphatic heterocycles. The molecule has 0 atom stereocenters. The number of nitrogens with zero attached hydrogens (tertiary/aromatic N) is 2. The van der Waals surface area contributed by atoms with Gasteiger partial charge in [-0.3, -0.25) is 0 Å². The number of benzene rings is 8. The molecule has 0 amide bonds. The van der Waals surface area contributed by atoms with Crippen molar-refractivity contribution in [2.75, 3.05) is 4.90 Å². The number of hydrogen-bond acceptors (Lipinski definition) is 1. The first-order chi connectivity index (χ1) is 33.7. The first kappa shape index (κ1) is 41.2. The van der Waals surface area contributed by atoms with Gasteiger partial charge < -0.3 is 9.47 Å². The van der Waals surface area contributed by atoms with E-state index >= 15 is 0 Å². The Morgan fingerprint density at radius 1 is 0.471 bits per heavy atom. The fourth-order valence-corrected chi connectivity index (χ4v) is 10.6. The van der Waals surface area contributed by atoms with Crippen LogP contribution in [-0.4, -0.2) is 4.57 Å². The minimum Gasteiger partial charge on any atom is -0.310 e. The van der Waals surface area contributed by atoms with Gasteiger partial charge in [-0.15, -0.1) is 0 Å². The molecular weight excluding hydrogens is 821 g/mol. The van der Waals surface area contributed by atoms with Crippen molar-refractivity contribution in [2.45, 2.75) is 38.5 Å². The summed E-state index contributed by atoms with van der Waals surface area (Å²) >= 11 is 0. The van der Waals surface area contributed by atoms with Crippen LogP contribution in [-0.2, 0) is 12.8 Å². The molecule has 1 heterocycles. The molecule has 326 valence electrons. The van der Waals surface area contributed by atoms with Gasteiger partial charge in [0, 0.05) is 33.5 Å². The number of allylic oxidation sites excluding steroid dienone is 11. The number of aromatic nitrogens is 1. The highest BCUT2D eigenvalue weighted by Gasteiger charge is 2.21.